The van der Waals surface area contributed by atoms with Crippen LogP contribution in [0.1, 0.15) is 16.1 Å². The molecule has 1 aromatic heterocycles. The van der Waals surface area contributed by atoms with Crippen LogP contribution in [0.4, 0.5) is 0 Å². The maximum atomic E-state index is 12.6. The summed E-state index contributed by atoms with van der Waals surface area (Å²) >= 11 is 15.5. The van der Waals surface area contributed by atoms with Gasteiger partial charge in [0.1, 0.15) is 5.69 Å². The van der Waals surface area contributed by atoms with Gasteiger partial charge in [-0.1, -0.05) is 23.2 Å². The monoisotopic (exact) mass is 389 g/mol. The van der Waals surface area contributed by atoms with Crippen molar-refractivity contribution in [3.05, 3.63) is 50.2 Å². The molecule has 0 saturated heterocycles. The third-order valence-corrected chi connectivity index (χ3v) is 4.46. The fourth-order valence-corrected chi connectivity index (χ4v) is 2.48. The standard InChI is InChI=1S/C14H14BrCl2N3O/c1-19(2)5-6-20-13(12(17)8-18-20)14(21)9-3-4-10(15)11(16)7-9/h3-4,7-8H,5-6H2,1-2H3. The van der Waals surface area contributed by atoms with Gasteiger partial charge in [-0.05, 0) is 48.2 Å². The van der Waals surface area contributed by atoms with Gasteiger partial charge in [0, 0.05) is 16.6 Å². The predicted molar refractivity (Wildman–Crippen MR) is 88.4 cm³/mol. The topological polar surface area (TPSA) is 38.1 Å². The first-order chi connectivity index (χ1) is 9.90. The molecule has 4 nitrogen and oxygen atoms in total. The van der Waals surface area contributed by atoms with E-state index < -0.39 is 0 Å². The number of aromatic nitrogens is 2. The summed E-state index contributed by atoms with van der Waals surface area (Å²) in [5.74, 6) is -0.189. The Morgan fingerprint density at radius 3 is 2.67 bits per heavy atom. The van der Waals surface area contributed by atoms with E-state index in [-0.39, 0.29) is 5.78 Å². The second-order valence-electron chi connectivity index (χ2n) is 4.83. The lowest BCUT2D eigenvalue weighted by Crippen LogP contribution is -2.21. The Morgan fingerprint density at radius 2 is 2.05 bits per heavy atom. The van der Waals surface area contributed by atoms with Crippen LogP contribution in [0.3, 0.4) is 0 Å². The second-order valence-corrected chi connectivity index (χ2v) is 6.49. The van der Waals surface area contributed by atoms with E-state index in [2.05, 4.69) is 21.0 Å². The molecule has 2 rings (SSSR count). The molecule has 0 saturated carbocycles. The van der Waals surface area contributed by atoms with E-state index >= 15 is 0 Å². The van der Waals surface area contributed by atoms with Crippen LogP contribution < -0.4 is 0 Å². The maximum absolute atomic E-state index is 12.6. The van der Waals surface area contributed by atoms with Gasteiger partial charge in [0.05, 0.1) is 22.8 Å². The number of benzene rings is 1. The first-order valence-corrected chi connectivity index (χ1v) is 7.81. The zero-order chi connectivity index (χ0) is 15.6. The van der Waals surface area contributed by atoms with Crippen LogP contribution in [-0.2, 0) is 6.54 Å². The summed E-state index contributed by atoms with van der Waals surface area (Å²) in [5.41, 5.74) is 0.869. The Morgan fingerprint density at radius 1 is 1.33 bits per heavy atom. The number of hydrogen-bond acceptors (Lipinski definition) is 3. The van der Waals surface area contributed by atoms with E-state index in [1.165, 1.54) is 6.20 Å². The molecular formula is C14H14BrCl2N3O. The van der Waals surface area contributed by atoms with Crippen LogP contribution in [0.5, 0.6) is 0 Å². The van der Waals surface area contributed by atoms with Crippen molar-refractivity contribution in [2.75, 3.05) is 20.6 Å². The predicted octanol–water partition coefficient (Wildman–Crippen LogP) is 3.75. The Labute approximate surface area is 141 Å². The number of nitrogens with zero attached hydrogens (tertiary/aromatic N) is 3. The number of hydrogen-bond donors (Lipinski definition) is 0. The van der Waals surface area contributed by atoms with E-state index in [1.54, 1.807) is 22.9 Å². The van der Waals surface area contributed by atoms with Gasteiger partial charge in [-0.15, -0.1) is 0 Å². The number of ketones is 1. The molecule has 0 atom stereocenters. The highest BCUT2D eigenvalue weighted by molar-refractivity contribution is 9.10. The van der Waals surface area contributed by atoms with Gasteiger partial charge in [-0.2, -0.15) is 5.10 Å². The van der Waals surface area contributed by atoms with Gasteiger partial charge in [0.25, 0.3) is 0 Å². The highest BCUT2D eigenvalue weighted by Gasteiger charge is 2.20. The number of carbonyl (C=O) groups excluding carboxylic acids is 1. The zero-order valence-electron chi connectivity index (χ0n) is 11.6. The highest BCUT2D eigenvalue weighted by atomic mass is 79.9. The molecule has 0 aliphatic rings. The normalized spacial score (nSPS) is 11.1. The van der Waals surface area contributed by atoms with Crippen LogP contribution in [0, 0.1) is 0 Å². The Kier molecular flexibility index (Phi) is 5.43. The SMILES string of the molecule is CN(C)CCn1ncc(Cl)c1C(=O)c1ccc(Br)c(Cl)c1. The van der Waals surface area contributed by atoms with Crippen LogP contribution in [0.2, 0.25) is 10.0 Å². The summed E-state index contributed by atoms with van der Waals surface area (Å²) in [6, 6.07) is 5.06. The van der Waals surface area contributed by atoms with Gasteiger partial charge >= 0.3 is 0 Å². The zero-order valence-corrected chi connectivity index (χ0v) is 14.7. The third kappa shape index (κ3) is 3.86. The third-order valence-electron chi connectivity index (χ3n) is 2.95. The summed E-state index contributed by atoms with van der Waals surface area (Å²) in [7, 11) is 3.92. The molecular weight excluding hydrogens is 377 g/mol. The van der Waals surface area contributed by atoms with Crippen molar-refractivity contribution >= 4 is 44.9 Å². The summed E-state index contributed by atoms with van der Waals surface area (Å²) < 4.78 is 2.37. The minimum atomic E-state index is -0.189. The number of carbonyl (C=O) groups is 1. The lowest BCUT2D eigenvalue weighted by molar-refractivity contribution is 0.102. The molecule has 0 radical (unpaired) electrons. The quantitative estimate of drug-likeness (QED) is 0.729. The van der Waals surface area contributed by atoms with Crippen molar-refractivity contribution in [2.45, 2.75) is 6.54 Å². The molecule has 0 unspecified atom stereocenters. The molecule has 0 fully saturated rings. The lowest BCUT2D eigenvalue weighted by Gasteiger charge is -2.12. The molecule has 0 aliphatic carbocycles. The molecule has 0 aliphatic heterocycles. The van der Waals surface area contributed by atoms with Crippen molar-refractivity contribution in [2.24, 2.45) is 0 Å². The summed E-state index contributed by atoms with van der Waals surface area (Å²) in [6.45, 7) is 1.35. The van der Waals surface area contributed by atoms with Crippen LogP contribution in [-0.4, -0.2) is 41.1 Å². The molecule has 7 heteroatoms. The Balaban J connectivity index is 2.34. The largest absolute Gasteiger partial charge is 0.308 e. The second kappa shape index (κ2) is 6.92. The van der Waals surface area contributed by atoms with E-state index in [0.717, 1.165) is 11.0 Å². The van der Waals surface area contributed by atoms with Gasteiger partial charge in [-0.25, -0.2) is 0 Å². The van der Waals surface area contributed by atoms with Crippen molar-refractivity contribution < 1.29 is 4.79 Å². The fraction of sp³-hybridized carbons (Fsp3) is 0.286. The molecule has 0 spiro atoms. The van der Waals surface area contributed by atoms with Gasteiger partial charge in [-0.3, -0.25) is 9.48 Å². The molecule has 0 N–H and O–H groups in total. The Hall–Kier alpha value is -0.880. The van der Waals surface area contributed by atoms with E-state index in [9.17, 15) is 4.79 Å². The van der Waals surface area contributed by atoms with Gasteiger partial charge < -0.3 is 4.90 Å². The Bertz CT molecular complexity index is 670. The number of rotatable bonds is 5. The minimum Gasteiger partial charge on any atom is -0.308 e. The average Bonchev–Trinajstić information content (AvgIpc) is 2.80. The van der Waals surface area contributed by atoms with Crippen molar-refractivity contribution in [3.63, 3.8) is 0 Å². The smallest absolute Gasteiger partial charge is 0.212 e. The van der Waals surface area contributed by atoms with Crippen molar-refractivity contribution in [1.82, 2.24) is 14.7 Å². The van der Waals surface area contributed by atoms with E-state index in [1.807, 2.05) is 19.0 Å². The molecule has 2 aromatic rings. The molecule has 1 aromatic carbocycles. The van der Waals surface area contributed by atoms with E-state index in [4.69, 9.17) is 23.2 Å². The minimum absolute atomic E-state index is 0.189. The fourth-order valence-electron chi connectivity index (χ4n) is 1.83. The first kappa shape index (κ1) is 16.5. The van der Waals surface area contributed by atoms with Crippen molar-refractivity contribution in [3.8, 4) is 0 Å². The molecule has 0 amide bonds. The van der Waals surface area contributed by atoms with Crippen LogP contribution >= 0.6 is 39.1 Å². The summed E-state index contributed by atoms with van der Waals surface area (Å²) in [5, 5.41) is 5.00. The highest BCUT2D eigenvalue weighted by Crippen LogP contribution is 2.26. The van der Waals surface area contributed by atoms with Crippen LogP contribution in [0.25, 0.3) is 0 Å². The average molecular weight is 391 g/mol. The molecule has 1 heterocycles. The van der Waals surface area contributed by atoms with Gasteiger partial charge in [0.15, 0.2) is 0 Å². The first-order valence-electron chi connectivity index (χ1n) is 6.26. The maximum Gasteiger partial charge on any atom is 0.212 e. The molecule has 21 heavy (non-hydrogen) atoms. The summed E-state index contributed by atoms with van der Waals surface area (Å²) in [6.07, 6.45) is 1.49. The summed E-state index contributed by atoms with van der Waals surface area (Å²) in [4.78, 5) is 14.6. The molecule has 0 bridgehead atoms. The van der Waals surface area contributed by atoms with Crippen LogP contribution in [0.15, 0.2) is 28.9 Å². The number of likely N-dealkylation sites (N-methyl/N-ethyl adjacent to an activating group) is 1. The van der Waals surface area contributed by atoms with Gasteiger partial charge in [0.2, 0.25) is 5.78 Å². The number of halogens is 3. The van der Waals surface area contributed by atoms with Crippen molar-refractivity contribution in [1.29, 1.82) is 0 Å². The molecule has 112 valence electrons. The lowest BCUT2D eigenvalue weighted by atomic mass is 10.1. The van der Waals surface area contributed by atoms with E-state index in [0.29, 0.717) is 27.8 Å².